The van der Waals surface area contributed by atoms with E-state index in [0.717, 1.165) is 18.4 Å². The molecular weight excluding hydrogens is 340 g/mol. The topological polar surface area (TPSA) is 125 Å². The number of rotatable bonds is 8. The third-order valence-electron chi connectivity index (χ3n) is 5.24. The number of hydrogen-bond acceptors (Lipinski definition) is 7. The Labute approximate surface area is 161 Å². The molecular formula is C20H30N6O. The molecule has 0 radical (unpaired) electrons. The van der Waals surface area contributed by atoms with Crippen LogP contribution in [0.25, 0.3) is 11.6 Å². The Hall–Kier alpha value is -2.43. The zero-order valence-electron chi connectivity index (χ0n) is 16.2. The largest absolute Gasteiger partial charge is 0.396 e. The Morgan fingerprint density at radius 1 is 1.44 bits per heavy atom. The molecule has 1 heterocycles. The zero-order chi connectivity index (χ0) is 19.8. The van der Waals surface area contributed by atoms with Crippen LogP contribution in [0.2, 0.25) is 0 Å². The van der Waals surface area contributed by atoms with Crippen molar-refractivity contribution >= 4 is 17.5 Å². The number of aromatic nitrogens is 2. The van der Waals surface area contributed by atoms with E-state index >= 15 is 0 Å². The molecule has 1 aromatic rings. The van der Waals surface area contributed by atoms with Crippen molar-refractivity contribution < 1.29 is 5.11 Å². The van der Waals surface area contributed by atoms with E-state index in [4.69, 9.17) is 11.6 Å². The summed E-state index contributed by atoms with van der Waals surface area (Å²) in [7, 11) is 0. The van der Waals surface area contributed by atoms with Gasteiger partial charge < -0.3 is 15.8 Å². The molecule has 0 bridgehead atoms. The predicted molar refractivity (Wildman–Crippen MR) is 107 cm³/mol. The molecule has 7 nitrogen and oxygen atoms in total. The van der Waals surface area contributed by atoms with Crippen LogP contribution in [-0.2, 0) is 0 Å². The number of hydrazine groups is 1. The van der Waals surface area contributed by atoms with Crippen LogP contribution in [0.4, 0.5) is 5.82 Å². The van der Waals surface area contributed by atoms with E-state index < -0.39 is 0 Å². The van der Waals surface area contributed by atoms with Gasteiger partial charge in [-0.15, -0.1) is 0 Å². The summed E-state index contributed by atoms with van der Waals surface area (Å²) in [5.74, 6) is 7.00. The highest BCUT2D eigenvalue weighted by Gasteiger charge is 2.28. The first kappa shape index (κ1) is 20.9. The third kappa shape index (κ3) is 5.06. The predicted octanol–water partition coefficient (Wildman–Crippen LogP) is 2.71. The van der Waals surface area contributed by atoms with Crippen molar-refractivity contribution in [1.82, 2.24) is 15.0 Å². The fourth-order valence-corrected chi connectivity index (χ4v) is 3.70. The lowest BCUT2D eigenvalue weighted by Crippen LogP contribution is -2.41. The van der Waals surface area contributed by atoms with Gasteiger partial charge in [-0.3, -0.25) is 0 Å². The van der Waals surface area contributed by atoms with E-state index in [1.807, 2.05) is 32.2 Å². The molecule has 146 valence electrons. The van der Waals surface area contributed by atoms with Crippen LogP contribution in [0.15, 0.2) is 18.6 Å². The first-order chi connectivity index (χ1) is 13.0. The van der Waals surface area contributed by atoms with E-state index in [9.17, 15) is 10.4 Å². The second kappa shape index (κ2) is 10.0. The Morgan fingerprint density at radius 2 is 2.15 bits per heavy atom. The van der Waals surface area contributed by atoms with Crippen molar-refractivity contribution in [3.8, 4) is 6.07 Å². The molecule has 0 saturated heterocycles. The molecule has 2 rings (SSSR count). The second-order valence-electron chi connectivity index (χ2n) is 7.11. The van der Waals surface area contributed by atoms with Gasteiger partial charge in [0.1, 0.15) is 12.1 Å². The summed E-state index contributed by atoms with van der Waals surface area (Å²) in [6.07, 6.45) is 11.9. The molecule has 1 fully saturated rings. The first-order valence-corrected chi connectivity index (χ1v) is 9.49. The SMILES string of the molecule is C/C=C\c1c(N)ncnc1/C(=C/N(N)C(CC#N)C1CCCC1)C(C)CO. The summed E-state index contributed by atoms with van der Waals surface area (Å²) in [6, 6.07) is 2.21. The van der Waals surface area contributed by atoms with Crippen LogP contribution in [0, 0.1) is 23.2 Å². The highest BCUT2D eigenvalue weighted by Crippen LogP contribution is 2.33. The average molecular weight is 371 g/mol. The fraction of sp³-hybridized carbons (Fsp3) is 0.550. The molecule has 1 saturated carbocycles. The maximum atomic E-state index is 9.78. The van der Waals surface area contributed by atoms with Gasteiger partial charge in [-0.1, -0.05) is 31.9 Å². The highest BCUT2D eigenvalue weighted by atomic mass is 16.3. The van der Waals surface area contributed by atoms with Crippen molar-refractivity contribution in [3.05, 3.63) is 29.9 Å². The van der Waals surface area contributed by atoms with E-state index in [1.165, 1.54) is 19.2 Å². The maximum Gasteiger partial charge on any atom is 0.134 e. The number of nitrogen functional groups attached to an aromatic ring is 1. The number of aliphatic hydroxyl groups is 1. The summed E-state index contributed by atoms with van der Waals surface area (Å²) in [6.45, 7) is 3.75. The van der Waals surface area contributed by atoms with E-state index in [0.29, 0.717) is 29.4 Å². The summed E-state index contributed by atoms with van der Waals surface area (Å²) in [5.41, 5.74) is 8.18. The zero-order valence-corrected chi connectivity index (χ0v) is 16.2. The molecule has 2 unspecified atom stereocenters. The third-order valence-corrected chi connectivity index (χ3v) is 5.24. The molecule has 0 amide bonds. The summed E-state index contributed by atoms with van der Waals surface area (Å²) >= 11 is 0. The molecule has 1 aliphatic carbocycles. The van der Waals surface area contributed by atoms with Crippen LogP contribution in [0.1, 0.15) is 57.2 Å². The number of allylic oxidation sites excluding steroid dienone is 1. The Bertz CT molecular complexity index is 718. The number of nitrogens with two attached hydrogens (primary N) is 2. The lowest BCUT2D eigenvalue weighted by Gasteiger charge is -2.31. The fourth-order valence-electron chi connectivity index (χ4n) is 3.70. The van der Waals surface area contributed by atoms with Crippen molar-refractivity contribution in [2.75, 3.05) is 12.3 Å². The number of hydrogen-bond donors (Lipinski definition) is 3. The number of nitrogens with zero attached hydrogens (tertiary/aromatic N) is 4. The Balaban J connectivity index is 2.46. The van der Waals surface area contributed by atoms with Crippen molar-refractivity contribution in [3.63, 3.8) is 0 Å². The van der Waals surface area contributed by atoms with Crippen LogP contribution in [0.3, 0.4) is 0 Å². The van der Waals surface area contributed by atoms with Crippen LogP contribution in [-0.4, -0.2) is 32.7 Å². The van der Waals surface area contributed by atoms with Crippen LogP contribution in [0.5, 0.6) is 0 Å². The maximum absolute atomic E-state index is 9.78. The quantitative estimate of drug-likeness (QED) is 0.474. The van der Waals surface area contributed by atoms with Gasteiger partial charge in [0.15, 0.2) is 0 Å². The number of anilines is 1. The molecule has 0 aromatic carbocycles. The molecule has 27 heavy (non-hydrogen) atoms. The van der Waals surface area contributed by atoms with Crippen LogP contribution < -0.4 is 11.6 Å². The van der Waals surface area contributed by atoms with Gasteiger partial charge in [-0.25, -0.2) is 15.8 Å². The lowest BCUT2D eigenvalue weighted by atomic mass is 9.93. The van der Waals surface area contributed by atoms with Crippen LogP contribution >= 0.6 is 0 Å². The minimum Gasteiger partial charge on any atom is -0.396 e. The monoisotopic (exact) mass is 370 g/mol. The van der Waals surface area contributed by atoms with Gasteiger partial charge in [0.05, 0.1) is 24.2 Å². The van der Waals surface area contributed by atoms with Gasteiger partial charge in [0.25, 0.3) is 0 Å². The number of nitriles is 1. The minimum absolute atomic E-state index is 0.0504. The van der Waals surface area contributed by atoms with Gasteiger partial charge in [-0.05, 0) is 25.7 Å². The molecule has 5 N–H and O–H groups in total. The standard InChI is InChI=1S/C20H30N6O/c1-3-6-16-19(24-13-25-20(16)22)17(14(2)12-27)11-26(23)18(9-10-21)15-7-4-5-8-15/h3,6,11,13-15,18,27H,4-5,7-9,12,23H2,1-2H3,(H2,22,24,25)/b6-3-,17-11+. The van der Waals surface area contributed by atoms with Crippen molar-refractivity contribution in [2.45, 2.75) is 52.0 Å². The average Bonchev–Trinajstić information content (AvgIpc) is 3.19. The summed E-state index contributed by atoms with van der Waals surface area (Å²) < 4.78 is 0. The van der Waals surface area contributed by atoms with E-state index in [2.05, 4.69) is 16.0 Å². The molecule has 7 heteroatoms. The van der Waals surface area contributed by atoms with E-state index in [1.54, 1.807) is 5.01 Å². The lowest BCUT2D eigenvalue weighted by molar-refractivity contribution is 0.206. The minimum atomic E-state index is -0.194. The Morgan fingerprint density at radius 3 is 2.74 bits per heavy atom. The van der Waals surface area contributed by atoms with Crippen molar-refractivity contribution in [1.29, 1.82) is 5.26 Å². The molecule has 0 spiro atoms. The van der Waals surface area contributed by atoms with Gasteiger partial charge >= 0.3 is 0 Å². The molecule has 1 aliphatic rings. The number of aliphatic hydroxyl groups excluding tert-OH is 1. The molecule has 1 aromatic heterocycles. The highest BCUT2D eigenvalue weighted by molar-refractivity contribution is 5.77. The summed E-state index contributed by atoms with van der Waals surface area (Å²) in [5, 5.41) is 20.7. The molecule has 2 atom stereocenters. The van der Waals surface area contributed by atoms with Gasteiger partial charge in [0.2, 0.25) is 0 Å². The van der Waals surface area contributed by atoms with Gasteiger partial charge in [0, 0.05) is 29.9 Å². The van der Waals surface area contributed by atoms with Gasteiger partial charge in [-0.2, -0.15) is 5.26 Å². The summed E-state index contributed by atoms with van der Waals surface area (Å²) in [4.78, 5) is 8.48. The first-order valence-electron chi connectivity index (χ1n) is 9.49. The normalized spacial score (nSPS) is 17.8. The Kier molecular flexibility index (Phi) is 7.77. The smallest absolute Gasteiger partial charge is 0.134 e. The second-order valence-corrected chi connectivity index (χ2v) is 7.11. The van der Waals surface area contributed by atoms with Crippen molar-refractivity contribution in [2.24, 2.45) is 17.7 Å². The van der Waals surface area contributed by atoms with E-state index in [-0.39, 0.29) is 18.6 Å². The molecule has 0 aliphatic heterocycles.